The zero-order chi connectivity index (χ0) is 26.2. The third-order valence-electron chi connectivity index (χ3n) is 7.05. The van der Waals surface area contributed by atoms with Crippen LogP contribution in [-0.4, -0.2) is 50.5 Å². The molecule has 2 aliphatic rings. The summed E-state index contributed by atoms with van der Waals surface area (Å²) in [5.74, 6) is 0.861. The molecule has 0 spiro atoms. The average molecular weight is 524 g/mol. The third-order valence-corrected chi connectivity index (χ3v) is 8.90. The number of anilines is 1. The zero-order valence-corrected chi connectivity index (χ0v) is 21.5. The van der Waals surface area contributed by atoms with E-state index in [1.807, 2.05) is 12.1 Å². The van der Waals surface area contributed by atoms with Gasteiger partial charge in [0.2, 0.25) is 15.9 Å². The van der Waals surface area contributed by atoms with Gasteiger partial charge in [0.25, 0.3) is 5.56 Å². The van der Waals surface area contributed by atoms with Crippen molar-refractivity contribution >= 4 is 21.6 Å². The second kappa shape index (κ2) is 10.0. The molecule has 0 saturated carbocycles. The van der Waals surface area contributed by atoms with Crippen molar-refractivity contribution in [2.24, 2.45) is 5.92 Å². The number of hydrogen-bond acceptors (Lipinski definition) is 6. The Morgan fingerprint density at radius 3 is 2.22 bits per heavy atom. The molecular formula is C27H29N3O6S. The minimum Gasteiger partial charge on any atom is -0.497 e. The molecule has 3 aromatic rings. The number of amides is 1. The number of benzene rings is 2. The molecule has 194 valence electrons. The van der Waals surface area contributed by atoms with Crippen LogP contribution in [0.1, 0.15) is 23.6 Å². The van der Waals surface area contributed by atoms with E-state index >= 15 is 0 Å². The van der Waals surface area contributed by atoms with Crippen LogP contribution < -0.4 is 20.3 Å². The molecule has 2 aliphatic heterocycles. The van der Waals surface area contributed by atoms with Gasteiger partial charge in [0.15, 0.2) is 0 Å². The number of fused-ring (bicyclic) bond motifs is 4. The summed E-state index contributed by atoms with van der Waals surface area (Å²) >= 11 is 0. The van der Waals surface area contributed by atoms with E-state index in [1.165, 1.54) is 17.5 Å². The molecule has 9 nitrogen and oxygen atoms in total. The number of methoxy groups -OCH3 is 2. The Bertz CT molecular complexity index is 1470. The molecule has 0 aliphatic carbocycles. The van der Waals surface area contributed by atoms with Crippen molar-refractivity contribution in [2.75, 3.05) is 32.6 Å². The number of sulfonamides is 1. The van der Waals surface area contributed by atoms with Crippen LogP contribution in [0.3, 0.4) is 0 Å². The van der Waals surface area contributed by atoms with Crippen molar-refractivity contribution in [3.8, 4) is 11.5 Å². The molecule has 1 saturated heterocycles. The summed E-state index contributed by atoms with van der Waals surface area (Å²) in [4.78, 5) is 25.8. The topological polar surface area (TPSA) is 107 Å². The van der Waals surface area contributed by atoms with Crippen molar-refractivity contribution in [3.05, 3.63) is 82.3 Å². The summed E-state index contributed by atoms with van der Waals surface area (Å²) < 4.78 is 40.4. The van der Waals surface area contributed by atoms with Crippen LogP contribution in [-0.2, 0) is 27.8 Å². The van der Waals surface area contributed by atoms with Crippen LogP contribution in [0.5, 0.6) is 11.5 Å². The molecule has 0 radical (unpaired) electrons. The fourth-order valence-electron chi connectivity index (χ4n) is 5.29. The van der Waals surface area contributed by atoms with Gasteiger partial charge in [-0.05, 0) is 60.4 Å². The number of aromatic nitrogens is 1. The maximum Gasteiger partial charge on any atom is 0.250 e. The largest absolute Gasteiger partial charge is 0.497 e. The fourth-order valence-corrected chi connectivity index (χ4v) is 6.85. The van der Waals surface area contributed by atoms with Crippen molar-refractivity contribution < 1.29 is 22.7 Å². The van der Waals surface area contributed by atoms with Gasteiger partial charge >= 0.3 is 0 Å². The van der Waals surface area contributed by atoms with Gasteiger partial charge in [0.05, 0.1) is 31.2 Å². The SMILES string of the molecule is COc1ccc(CC(=O)Nc2ccc(=O)n3c2C2CC(CN(S(=O)(=O)c4ccc(OC)cc4)C2)C3)cc1. The molecule has 2 bridgehead atoms. The molecule has 3 heterocycles. The number of piperidine rings is 1. The van der Waals surface area contributed by atoms with Gasteiger partial charge in [-0.1, -0.05) is 12.1 Å². The molecule has 10 heteroatoms. The number of hydrogen-bond donors (Lipinski definition) is 1. The van der Waals surface area contributed by atoms with Crippen molar-refractivity contribution in [1.82, 2.24) is 8.87 Å². The van der Waals surface area contributed by atoms with Gasteiger partial charge in [0.1, 0.15) is 11.5 Å². The summed E-state index contributed by atoms with van der Waals surface area (Å²) in [7, 11) is -0.617. The number of carbonyl (C=O) groups is 1. The van der Waals surface area contributed by atoms with Gasteiger partial charge in [-0.25, -0.2) is 8.42 Å². The number of nitrogens with one attached hydrogen (secondary N) is 1. The van der Waals surface area contributed by atoms with Crippen LogP contribution in [0.15, 0.2) is 70.4 Å². The Kier molecular flexibility index (Phi) is 6.78. The number of pyridine rings is 1. The van der Waals surface area contributed by atoms with Gasteiger partial charge in [-0.3, -0.25) is 9.59 Å². The second-order valence-electron chi connectivity index (χ2n) is 9.45. The van der Waals surface area contributed by atoms with Crippen LogP contribution in [0, 0.1) is 5.92 Å². The number of carbonyl (C=O) groups excluding carboxylic acids is 1. The highest BCUT2D eigenvalue weighted by molar-refractivity contribution is 7.89. The van der Waals surface area contributed by atoms with Gasteiger partial charge in [-0.15, -0.1) is 0 Å². The molecule has 1 N–H and O–H groups in total. The van der Waals surface area contributed by atoms with Crippen LogP contribution >= 0.6 is 0 Å². The number of ether oxygens (including phenoxy) is 2. The minimum absolute atomic E-state index is 0.00206. The average Bonchev–Trinajstić information content (AvgIpc) is 2.90. The van der Waals surface area contributed by atoms with E-state index in [9.17, 15) is 18.0 Å². The first-order valence-electron chi connectivity index (χ1n) is 12.1. The lowest BCUT2D eigenvalue weighted by Gasteiger charge is -2.42. The summed E-state index contributed by atoms with van der Waals surface area (Å²) in [6, 6.07) is 16.7. The Hall–Kier alpha value is -3.63. The smallest absolute Gasteiger partial charge is 0.250 e. The van der Waals surface area contributed by atoms with E-state index in [1.54, 1.807) is 54.1 Å². The Balaban J connectivity index is 1.39. The fraction of sp³-hybridized carbons (Fsp3) is 0.333. The summed E-state index contributed by atoms with van der Waals surface area (Å²) in [6.45, 7) is 0.974. The molecular weight excluding hydrogens is 494 g/mol. The van der Waals surface area contributed by atoms with Gasteiger partial charge in [0, 0.05) is 37.3 Å². The van der Waals surface area contributed by atoms with E-state index in [0.717, 1.165) is 12.0 Å². The molecule has 2 aromatic carbocycles. The second-order valence-corrected chi connectivity index (χ2v) is 11.4. The van der Waals surface area contributed by atoms with Crippen molar-refractivity contribution in [1.29, 1.82) is 0 Å². The highest BCUT2D eigenvalue weighted by atomic mass is 32.2. The van der Waals surface area contributed by atoms with Crippen LogP contribution in [0.4, 0.5) is 5.69 Å². The van der Waals surface area contributed by atoms with E-state index < -0.39 is 10.0 Å². The normalized spacial score (nSPS) is 19.1. The first kappa shape index (κ1) is 25.0. The predicted octanol–water partition coefficient (Wildman–Crippen LogP) is 2.85. The maximum atomic E-state index is 13.4. The maximum absolute atomic E-state index is 13.4. The molecule has 5 rings (SSSR count). The molecule has 2 unspecified atom stereocenters. The monoisotopic (exact) mass is 523 g/mol. The summed E-state index contributed by atoms with van der Waals surface area (Å²) in [6.07, 6.45) is 0.910. The summed E-state index contributed by atoms with van der Waals surface area (Å²) in [5, 5.41) is 2.96. The Labute approximate surface area is 215 Å². The van der Waals surface area contributed by atoms with Crippen molar-refractivity contribution in [2.45, 2.75) is 30.2 Å². The molecule has 1 amide bonds. The standard InChI is InChI=1S/C27H29N3O6S/c1-35-21-5-3-18(4-6-21)14-25(31)28-24-11-12-26(32)30-16-19-13-20(27(24)30)17-29(15-19)37(33,34)23-9-7-22(36-2)8-10-23/h3-12,19-20H,13-17H2,1-2H3,(H,28,31). The predicted molar refractivity (Wildman–Crippen MR) is 139 cm³/mol. The summed E-state index contributed by atoms with van der Waals surface area (Å²) in [5.41, 5.74) is 1.91. The van der Waals surface area contributed by atoms with E-state index in [-0.39, 0.29) is 41.2 Å². The zero-order valence-electron chi connectivity index (χ0n) is 20.7. The molecule has 37 heavy (non-hydrogen) atoms. The van der Waals surface area contributed by atoms with E-state index in [4.69, 9.17) is 9.47 Å². The third kappa shape index (κ3) is 4.99. The first-order valence-corrected chi connectivity index (χ1v) is 13.5. The quantitative estimate of drug-likeness (QED) is 0.511. The number of rotatable bonds is 7. The lowest BCUT2D eigenvalue weighted by molar-refractivity contribution is -0.115. The number of nitrogens with zero attached hydrogens (tertiary/aromatic N) is 2. The van der Waals surface area contributed by atoms with E-state index in [0.29, 0.717) is 36.0 Å². The Morgan fingerprint density at radius 2 is 1.57 bits per heavy atom. The molecule has 2 atom stereocenters. The Morgan fingerprint density at radius 1 is 0.919 bits per heavy atom. The first-order chi connectivity index (χ1) is 17.8. The minimum atomic E-state index is -3.73. The van der Waals surface area contributed by atoms with Crippen LogP contribution in [0.25, 0.3) is 0 Å². The van der Waals surface area contributed by atoms with Crippen LogP contribution in [0.2, 0.25) is 0 Å². The van der Waals surface area contributed by atoms with Gasteiger partial charge in [-0.2, -0.15) is 4.31 Å². The highest BCUT2D eigenvalue weighted by Crippen LogP contribution is 2.40. The molecule has 1 fully saturated rings. The van der Waals surface area contributed by atoms with Gasteiger partial charge < -0.3 is 19.4 Å². The van der Waals surface area contributed by atoms with Crippen molar-refractivity contribution in [3.63, 3.8) is 0 Å². The van der Waals surface area contributed by atoms with E-state index in [2.05, 4.69) is 5.32 Å². The lowest BCUT2D eigenvalue weighted by atomic mass is 9.83. The lowest BCUT2D eigenvalue weighted by Crippen LogP contribution is -2.49. The highest BCUT2D eigenvalue weighted by Gasteiger charge is 2.40. The molecule has 1 aromatic heterocycles.